The third-order valence-electron chi connectivity index (χ3n) is 5.17. The lowest BCUT2D eigenvalue weighted by Gasteiger charge is -2.15. The largest absolute Gasteiger partial charge is 0.494 e. The number of ether oxygens (including phenoxy) is 1. The molecular formula is C23H30N2O4S. The summed E-state index contributed by atoms with van der Waals surface area (Å²) in [5.74, 6) is 0.869. The van der Waals surface area contributed by atoms with Crippen molar-refractivity contribution < 1.29 is 17.9 Å². The Balaban J connectivity index is 1.31. The second kappa shape index (κ2) is 11.1. The number of aryl methyl sites for hydroxylation is 1. The molecular weight excluding hydrogens is 400 g/mol. The summed E-state index contributed by atoms with van der Waals surface area (Å²) in [6.07, 6.45) is 4.56. The SMILES string of the molecule is O=C(CCc1ccc(S(=O)(=O)N2CCCC2)cc1)NCCCCOc1ccccc1. The monoisotopic (exact) mass is 430 g/mol. The molecule has 2 aromatic rings. The Bertz CT molecular complexity index is 893. The molecule has 0 saturated carbocycles. The van der Waals surface area contributed by atoms with Gasteiger partial charge in [-0.25, -0.2) is 8.42 Å². The number of nitrogens with zero attached hydrogens (tertiary/aromatic N) is 1. The van der Waals surface area contributed by atoms with Crippen molar-refractivity contribution in [2.24, 2.45) is 0 Å². The molecule has 0 aliphatic carbocycles. The van der Waals surface area contributed by atoms with Crippen LogP contribution in [0.15, 0.2) is 59.5 Å². The Morgan fingerprint density at radius 2 is 1.67 bits per heavy atom. The molecule has 3 rings (SSSR count). The molecule has 0 bridgehead atoms. The summed E-state index contributed by atoms with van der Waals surface area (Å²) >= 11 is 0. The van der Waals surface area contributed by atoms with Crippen molar-refractivity contribution in [2.45, 2.75) is 43.4 Å². The van der Waals surface area contributed by atoms with Crippen molar-refractivity contribution in [1.82, 2.24) is 9.62 Å². The third kappa shape index (κ3) is 6.57. The molecule has 1 fully saturated rings. The van der Waals surface area contributed by atoms with Crippen molar-refractivity contribution in [3.63, 3.8) is 0 Å². The molecule has 0 spiro atoms. The topological polar surface area (TPSA) is 75.7 Å². The molecule has 1 saturated heterocycles. The molecule has 1 N–H and O–H groups in total. The second-order valence-corrected chi connectivity index (χ2v) is 9.41. The van der Waals surface area contributed by atoms with Crippen LogP contribution in [0.25, 0.3) is 0 Å². The Kier molecular flexibility index (Phi) is 8.28. The summed E-state index contributed by atoms with van der Waals surface area (Å²) in [6, 6.07) is 16.6. The summed E-state index contributed by atoms with van der Waals surface area (Å²) in [5.41, 5.74) is 0.960. The van der Waals surface area contributed by atoms with Crippen LogP contribution in [0.4, 0.5) is 0 Å². The summed E-state index contributed by atoms with van der Waals surface area (Å²) in [4.78, 5) is 12.4. The number of carbonyl (C=O) groups excluding carboxylic acids is 1. The zero-order chi connectivity index (χ0) is 21.2. The lowest BCUT2D eigenvalue weighted by molar-refractivity contribution is -0.121. The molecule has 0 atom stereocenters. The number of hydrogen-bond acceptors (Lipinski definition) is 4. The molecule has 1 heterocycles. The van der Waals surface area contributed by atoms with E-state index < -0.39 is 10.0 Å². The number of hydrogen-bond donors (Lipinski definition) is 1. The van der Waals surface area contributed by atoms with Gasteiger partial charge in [0.15, 0.2) is 0 Å². The first-order chi connectivity index (χ1) is 14.6. The lowest BCUT2D eigenvalue weighted by atomic mass is 10.1. The Morgan fingerprint density at radius 1 is 0.967 bits per heavy atom. The van der Waals surface area contributed by atoms with E-state index in [4.69, 9.17) is 4.74 Å². The van der Waals surface area contributed by atoms with E-state index in [2.05, 4.69) is 5.32 Å². The average molecular weight is 431 g/mol. The fraction of sp³-hybridized carbons (Fsp3) is 0.435. The fourth-order valence-electron chi connectivity index (χ4n) is 3.41. The predicted molar refractivity (Wildman–Crippen MR) is 117 cm³/mol. The van der Waals surface area contributed by atoms with E-state index in [1.54, 1.807) is 28.6 Å². The van der Waals surface area contributed by atoms with Crippen LogP contribution in [0.5, 0.6) is 5.75 Å². The van der Waals surface area contributed by atoms with Crippen LogP contribution in [-0.2, 0) is 21.2 Å². The van der Waals surface area contributed by atoms with Crippen LogP contribution in [0.3, 0.4) is 0 Å². The van der Waals surface area contributed by atoms with Gasteiger partial charge in [0.1, 0.15) is 5.75 Å². The van der Waals surface area contributed by atoms with Gasteiger partial charge in [0, 0.05) is 26.1 Å². The van der Waals surface area contributed by atoms with Crippen LogP contribution in [-0.4, -0.2) is 44.9 Å². The summed E-state index contributed by atoms with van der Waals surface area (Å²) in [6.45, 7) is 2.46. The first kappa shape index (κ1) is 22.3. The van der Waals surface area contributed by atoms with E-state index in [1.807, 2.05) is 30.3 Å². The summed E-state index contributed by atoms with van der Waals surface area (Å²) < 4.78 is 32.2. The van der Waals surface area contributed by atoms with Gasteiger partial charge in [-0.2, -0.15) is 4.31 Å². The molecule has 30 heavy (non-hydrogen) atoms. The quantitative estimate of drug-likeness (QED) is 0.555. The number of nitrogens with one attached hydrogen (secondary N) is 1. The van der Waals surface area contributed by atoms with Gasteiger partial charge in [-0.15, -0.1) is 0 Å². The van der Waals surface area contributed by atoms with Crippen molar-refractivity contribution in [3.05, 3.63) is 60.2 Å². The van der Waals surface area contributed by atoms with Gasteiger partial charge >= 0.3 is 0 Å². The smallest absolute Gasteiger partial charge is 0.243 e. The normalized spacial score (nSPS) is 14.5. The van der Waals surface area contributed by atoms with Gasteiger partial charge in [-0.1, -0.05) is 30.3 Å². The molecule has 0 radical (unpaired) electrons. The Hall–Kier alpha value is -2.38. The molecule has 7 heteroatoms. The molecule has 0 unspecified atom stereocenters. The first-order valence-corrected chi connectivity index (χ1v) is 12.0. The van der Waals surface area contributed by atoms with Gasteiger partial charge in [-0.3, -0.25) is 4.79 Å². The number of para-hydroxylation sites is 1. The molecule has 1 aliphatic heterocycles. The Labute approximate surface area is 179 Å². The zero-order valence-corrected chi connectivity index (χ0v) is 18.1. The van der Waals surface area contributed by atoms with Crippen molar-refractivity contribution in [2.75, 3.05) is 26.2 Å². The van der Waals surface area contributed by atoms with Crippen LogP contribution >= 0.6 is 0 Å². The zero-order valence-electron chi connectivity index (χ0n) is 17.3. The fourth-order valence-corrected chi connectivity index (χ4v) is 4.93. The first-order valence-electron chi connectivity index (χ1n) is 10.6. The number of sulfonamides is 1. The van der Waals surface area contributed by atoms with Crippen LogP contribution < -0.4 is 10.1 Å². The van der Waals surface area contributed by atoms with E-state index in [-0.39, 0.29) is 5.91 Å². The number of unbranched alkanes of at least 4 members (excludes halogenated alkanes) is 1. The predicted octanol–water partition coefficient (Wildman–Crippen LogP) is 3.38. The molecule has 6 nitrogen and oxygen atoms in total. The molecule has 1 amide bonds. The molecule has 0 aromatic heterocycles. The highest BCUT2D eigenvalue weighted by Crippen LogP contribution is 2.21. The number of rotatable bonds is 11. The van der Waals surface area contributed by atoms with Crippen LogP contribution in [0, 0.1) is 0 Å². The third-order valence-corrected chi connectivity index (χ3v) is 7.08. The van der Waals surface area contributed by atoms with Gasteiger partial charge in [0.25, 0.3) is 0 Å². The average Bonchev–Trinajstić information content (AvgIpc) is 3.32. The second-order valence-electron chi connectivity index (χ2n) is 7.47. The minimum absolute atomic E-state index is 0.00717. The van der Waals surface area contributed by atoms with Crippen molar-refractivity contribution in [1.29, 1.82) is 0 Å². The lowest BCUT2D eigenvalue weighted by Crippen LogP contribution is -2.27. The highest BCUT2D eigenvalue weighted by Gasteiger charge is 2.26. The highest BCUT2D eigenvalue weighted by atomic mass is 32.2. The van der Waals surface area contributed by atoms with Gasteiger partial charge in [-0.05, 0) is 61.9 Å². The number of benzene rings is 2. The molecule has 1 aliphatic rings. The van der Waals surface area contributed by atoms with Gasteiger partial charge in [0.05, 0.1) is 11.5 Å². The standard InChI is InChI=1S/C23H30N2O4S/c26-23(24-16-4-7-19-29-21-8-2-1-3-9-21)15-12-20-10-13-22(14-11-20)30(27,28)25-17-5-6-18-25/h1-3,8-11,13-14H,4-7,12,15-19H2,(H,24,26). The highest BCUT2D eigenvalue weighted by molar-refractivity contribution is 7.89. The Morgan fingerprint density at radius 3 is 2.37 bits per heavy atom. The molecule has 2 aromatic carbocycles. The van der Waals surface area contributed by atoms with E-state index >= 15 is 0 Å². The van der Waals surface area contributed by atoms with E-state index in [9.17, 15) is 13.2 Å². The molecule has 162 valence electrons. The van der Waals surface area contributed by atoms with Crippen LogP contribution in [0.1, 0.15) is 37.7 Å². The van der Waals surface area contributed by atoms with E-state index in [0.717, 1.165) is 37.0 Å². The van der Waals surface area contributed by atoms with Gasteiger partial charge in [0.2, 0.25) is 15.9 Å². The maximum atomic E-state index is 12.5. The van der Waals surface area contributed by atoms with Crippen LogP contribution in [0.2, 0.25) is 0 Å². The summed E-state index contributed by atoms with van der Waals surface area (Å²) in [5, 5.41) is 2.93. The van der Waals surface area contributed by atoms with Crippen molar-refractivity contribution >= 4 is 15.9 Å². The van der Waals surface area contributed by atoms with E-state index in [1.165, 1.54) is 0 Å². The van der Waals surface area contributed by atoms with Gasteiger partial charge < -0.3 is 10.1 Å². The minimum atomic E-state index is -3.38. The minimum Gasteiger partial charge on any atom is -0.494 e. The number of carbonyl (C=O) groups is 1. The van der Waals surface area contributed by atoms with E-state index in [0.29, 0.717) is 44.0 Å². The van der Waals surface area contributed by atoms with Crippen molar-refractivity contribution in [3.8, 4) is 5.75 Å². The number of amides is 1. The summed E-state index contributed by atoms with van der Waals surface area (Å²) in [7, 11) is -3.38. The maximum Gasteiger partial charge on any atom is 0.243 e. The maximum absolute atomic E-state index is 12.5.